The zero-order chi connectivity index (χ0) is 23.0. The Morgan fingerprint density at radius 1 is 1.10 bits per heavy atom. The van der Waals surface area contributed by atoms with E-state index in [1.165, 1.54) is 50.4 Å². The highest BCUT2D eigenvalue weighted by molar-refractivity contribution is 7.91. The standard InChI is InChI=1S/C21H22F3NO5S/c1-13-4-10-17(11-5-13)31(27,28)12-18-14(2)30-19(26)20(18,21(22,23)24)25-15-6-8-16(29-3)9-7-15/h4-11,14,18,25H,12H2,1-3H3/t14-,18-,20-/m0/s1. The summed E-state index contributed by atoms with van der Waals surface area (Å²) >= 11 is 0. The predicted octanol–water partition coefficient (Wildman–Crippen LogP) is 3.75. The van der Waals surface area contributed by atoms with Crippen molar-refractivity contribution in [2.45, 2.75) is 36.6 Å². The average Bonchev–Trinajstić information content (AvgIpc) is 2.93. The maximum absolute atomic E-state index is 14.4. The van der Waals surface area contributed by atoms with Crippen LogP contribution >= 0.6 is 0 Å². The van der Waals surface area contributed by atoms with Gasteiger partial charge >= 0.3 is 12.1 Å². The topological polar surface area (TPSA) is 81.7 Å². The Hall–Kier alpha value is -2.75. The van der Waals surface area contributed by atoms with Crippen LogP contribution in [0.1, 0.15) is 12.5 Å². The number of methoxy groups -OCH3 is 1. The molecule has 1 fully saturated rings. The molecule has 3 atom stereocenters. The molecule has 0 aromatic heterocycles. The quantitative estimate of drug-likeness (QED) is 0.666. The van der Waals surface area contributed by atoms with Gasteiger partial charge in [0, 0.05) is 5.69 Å². The number of carbonyl (C=O) groups is 1. The number of hydrogen-bond acceptors (Lipinski definition) is 6. The van der Waals surface area contributed by atoms with E-state index in [0.29, 0.717) is 5.75 Å². The van der Waals surface area contributed by atoms with Crippen LogP contribution in [-0.4, -0.2) is 45.1 Å². The van der Waals surface area contributed by atoms with Crippen molar-refractivity contribution in [1.29, 1.82) is 0 Å². The fraction of sp³-hybridized carbons (Fsp3) is 0.381. The van der Waals surface area contributed by atoms with E-state index in [0.717, 1.165) is 5.56 Å². The summed E-state index contributed by atoms with van der Waals surface area (Å²) in [6.45, 7) is 3.02. The maximum atomic E-state index is 14.4. The Bertz CT molecular complexity index is 1050. The molecule has 1 aliphatic heterocycles. The van der Waals surface area contributed by atoms with Crippen molar-refractivity contribution in [1.82, 2.24) is 0 Å². The monoisotopic (exact) mass is 457 g/mol. The van der Waals surface area contributed by atoms with Gasteiger partial charge in [0.15, 0.2) is 9.84 Å². The fourth-order valence-electron chi connectivity index (χ4n) is 3.63. The first-order valence-corrected chi connectivity index (χ1v) is 11.1. The van der Waals surface area contributed by atoms with E-state index in [1.54, 1.807) is 19.1 Å². The number of carbonyl (C=O) groups excluding carboxylic acids is 1. The number of cyclic esters (lactones) is 1. The largest absolute Gasteiger partial charge is 0.497 e. The second kappa shape index (κ2) is 8.07. The van der Waals surface area contributed by atoms with Crippen LogP contribution in [0.2, 0.25) is 0 Å². The summed E-state index contributed by atoms with van der Waals surface area (Å²) in [4.78, 5) is 12.4. The third-order valence-electron chi connectivity index (χ3n) is 5.40. The molecule has 10 heteroatoms. The van der Waals surface area contributed by atoms with Gasteiger partial charge in [-0.2, -0.15) is 13.2 Å². The molecule has 0 bridgehead atoms. The summed E-state index contributed by atoms with van der Waals surface area (Å²) in [5, 5.41) is 2.24. The van der Waals surface area contributed by atoms with E-state index < -0.39 is 45.3 Å². The molecule has 0 saturated carbocycles. The zero-order valence-corrected chi connectivity index (χ0v) is 17.9. The van der Waals surface area contributed by atoms with E-state index in [2.05, 4.69) is 5.32 Å². The van der Waals surface area contributed by atoms with E-state index in [4.69, 9.17) is 9.47 Å². The van der Waals surface area contributed by atoms with Crippen molar-refractivity contribution >= 4 is 21.5 Å². The van der Waals surface area contributed by atoms with Gasteiger partial charge in [0.2, 0.25) is 5.54 Å². The van der Waals surface area contributed by atoms with Crippen molar-refractivity contribution < 1.29 is 35.9 Å². The Morgan fingerprint density at radius 3 is 2.19 bits per heavy atom. The van der Waals surface area contributed by atoms with Gasteiger partial charge < -0.3 is 14.8 Å². The Labute approximate surface area is 178 Å². The highest BCUT2D eigenvalue weighted by Gasteiger charge is 2.72. The summed E-state index contributed by atoms with van der Waals surface area (Å²) in [6, 6.07) is 11.3. The SMILES string of the molecule is COc1ccc(N[C@]2(C(F)(F)F)C(=O)O[C@@H](C)[C@@H]2CS(=O)(=O)c2ccc(C)cc2)cc1. The van der Waals surface area contributed by atoms with Crippen LogP contribution in [0.15, 0.2) is 53.4 Å². The van der Waals surface area contributed by atoms with Crippen molar-refractivity contribution in [2.75, 3.05) is 18.2 Å². The summed E-state index contributed by atoms with van der Waals surface area (Å²) in [7, 11) is -2.74. The number of anilines is 1. The number of benzene rings is 2. The normalized spacial score (nSPS) is 24.0. The van der Waals surface area contributed by atoms with Gasteiger partial charge in [0.25, 0.3) is 0 Å². The molecule has 31 heavy (non-hydrogen) atoms. The lowest BCUT2D eigenvalue weighted by atomic mass is 9.83. The van der Waals surface area contributed by atoms with Crippen LogP contribution in [0, 0.1) is 12.8 Å². The minimum absolute atomic E-state index is 0.0260. The molecule has 0 unspecified atom stereocenters. The number of halogens is 3. The molecule has 3 rings (SSSR count). The van der Waals surface area contributed by atoms with Gasteiger partial charge in [0.1, 0.15) is 11.9 Å². The van der Waals surface area contributed by atoms with Crippen LogP contribution in [0.5, 0.6) is 5.75 Å². The van der Waals surface area contributed by atoms with Crippen LogP contribution in [0.4, 0.5) is 18.9 Å². The molecule has 2 aromatic carbocycles. The second-order valence-corrected chi connectivity index (χ2v) is 9.50. The maximum Gasteiger partial charge on any atom is 0.422 e. The third-order valence-corrected chi connectivity index (χ3v) is 7.18. The van der Waals surface area contributed by atoms with Crippen molar-refractivity contribution in [3.63, 3.8) is 0 Å². The number of ether oxygens (including phenoxy) is 2. The lowest BCUT2D eigenvalue weighted by molar-refractivity contribution is -0.193. The van der Waals surface area contributed by atoms with Gasteiger partial charge in [-0.25, -0.2) is 13.2 Å². The summed E-state index contributed by atoms with van der Waals surface area (Å²) in [5.41, 5.74) is -2.45. The van der Waals surface area contributed by atoms with E-state index in [9.17, 15) is 26.4 Å². The predicted molar refractivity (Wildman–Crippen MR) is 108 cm³/mol. The number of esters is 1. The Kier molecular flexibility index (Phi) is 5.96. The summed E-state index contributed by atoms with van der Waals surface area (Å²) in [5.74, 6) is -3.79. The molecule has 0 amide bonds. The van der Waals surface area contributed by atoms with Gasteiger partial charge in [-0.05, 0) is 50.2 Å². The number of sulfone groups is 1. The van der Waals surface area contributed by atoms with E-state index in [-0.39, 0.29) is 10.6 Å². The minimum Gasteiger partial charge on any atom is -0.497 e. The fourth-order valence-corrected chi connectivity index (χ4v) is 5.37. The highest BCUT2D eigenvalue weighted by Crippen LogP contribution is 2.47. The Morgan fingerprint density at radius 2 is 1.68 bits per heavy atom. The summed E-state index contributed by atoms with van der Waals surface area (Å²) < 4.78 is 78.9. The Balaban J connectivity index is 2.04. The van der Waals surface area contributed by atoms with E-state index >= 15 is 0 Å². The number of aryl methyl sites for hydroxylation is 1. The minimum atomic E-state index is -5.12. The van der Waals surface area contributed by atoms with Gasteiger partial charge in [-0.1, -0.05) is 17.7 Å². The van der Waals surface area contributed by atoms with E-state index in [1.807, 2.05) is 0 Å². The zero-order valence-electron chi connectivity index (χ0n) is 17.1. The summed E-state index contributed by atoms with van der Waals surface area (Å²) in [6.07, 6.45) is -6.40. The molecular formula is C21H22F3NO5S. The van der Waals surface area contributed by atoms with Gasteiger partial charge in [0.05, 0.1) is 23.7 Å². The van der Waals surface area contributed by atoms with Crippen molar-refractivity contribution in [3.05, 3.63) is 54.1 Å². The molecule has 2 aromatic rings. The average molecular weight is 457 g/mol. The van der Waals surface area contributed by atoms with Crippen LogP contribution in [0.25, 0.3) is 0 Å². The van der Waals surface area contributed by atoms with Gasteiger partial charge in [-0.15, -0.1) is 0 Å². The lowest BCUT2D eigenvalue weighted by Gasteiger charge is -2.35. The van der Waals surface area contributed by atoms with Crippen molar-refractivity contribution in [2.24, 2.45) is 5.92 Å². The molecule has 168 valence electrons. The highest BCUT2D eigenvalue weighted by atomic mass is 32.2. The molecular weight excluding hydrogens is 435 g/mol. The molecule has 0 radical (unpaired) electrons. The smallest absolute Gasteiger partial charge is 0.422 e. The molecule has 1 heterocycles. The first-order chi connectivity index (χ1) is 14.4. The molecule has 1 N–H and O–H groups in total. The number of alkyl halides is 3. The van der Waals surface area contributed by atoms with Crippen LogP contribution in [0.3, 0.4) is 0 Å². The first-order valence-electron chi connectivity index (χ1n) is 9.40. The third kappa shape index (κ3) is 4.21. The molecule has 6 nitrogen and oxygen atoms in total. The number of rotatable bonds is 6. The van der Waals surface area contributed by atoms with Crippen molar-refractivity contribution in [3.8, 4) is 5.75 Å². The molecule has 0 spiro atoms. The molecule has 1 saturated heterocycles. The number of hydrogen-bond donors (Lipinski definition) is 1. The van der Waals surface area contributed by atoms with Crippen LogP contribution in [-0.2, 0) is 19.4 Å². The molecule has 1 aliphatic rings. The number of nitrogens with one attached hydrogen (secondary N) is 1. The first kappa shape index (κ1) is 22.9. The second-order valence-electron chi connectivity index (χ2n) is 7.47. The molecule has 0 aliphatic carbocycles. The lowest BCUT2D eigenvalue weighted by Crippen LogP contribution is -2.61. The van der Waals surface area contributed by atoms with Crippen LogP contribution < -0.4 is 10.1 Å². The van der Waals surface area contributed by atoms with Gasteiger partial charge in [-0.3, -0.25) is 0 Å².